The lowest BCUT2D eigenvalue weighted by Crippen LogP contribution is -2.45. The molecule has 0 bridgehead atoms. The van der Waals surface area contributed by atoms with Crippen molar-refractivity contribution in [2.45, 2.75) is 19.4 Å². The van der Waals surface area contributed by atoms with E-state index >= 15 is 0 Å². The fraction of sp³-hybridized carbons (Fsp3) is 0.900. The summed E-state index contributed by atoms with van der Waals surface area (Å²) in [5.41, 5.74) is 0. The van der Waals surface area contributed by atoms with E-state index in [1.165, 1.54) is 0 Å². The Balaban J connectivity index is 2.21. The average molecular weight is 199 g/mol. The first kappa shape index (κ1) is 11.5. The van der Waals surface area contributed by atoms with E-state index in [1.54, 1.807) is 0 Å². The highest BCUT2D eigenvalue weighted by molar-refractivity contribution is 5.82. The molecule has 1 rings (SSSR count). The Morgan fingerprint density at radius 2 is 2.29 bits per heavy atom. The molecule has 2 N–H and O–H groups in total. The first-order chi connectivity index (χ1) is 6.61. The minimum atomic E-state index is 0.0252. The fourth-order valence-electron chi connectivity index (χ4n) is 1.70. The van der Waals surface area contributed by atoms with Gasteiger partial charge in [0.15, 0.2) is 0 Å². The SMILES string of the molecule is CC1CCNC1C(=O)NCCN(C)C. The maximum absolute atomic E-state index is 11.6. The standard InChI is InChI=1S/C10H21N3O/c1-8-4-5-11-9(8)10(14)12-6-7-13(2)3/h8-9,11H,4-7H2,1-3H3,(H,12,14). The van der Waals surface area contributed by atoms with Crippen molar-refractivity contribution in [3.8, 4) is 0 Å². The summed E-state index contributed by atoms with van der Waals surface area (Å²) < 4.78 is 0. The molecule has 14 heavy (non-hydrogen) atoms. The molecule has 2 atom stereocenters. The number of likely N-dealkylation sites (N-methyl/N-ethyl adjacent to an activating group) is 1. The van der Waals surface area contributed by atoms with Crippen LogP contribution in [0.2, 0.25) is 0 Å². The summed E-state index contributed by atoms with van der Waals surface area (Å²) in [6.07, 6.45) is 1.10. The molecular formula is C10H21N3O. The summed E-state index contributed by atoms with van der Waals surface area (Å²) in [6, 6.07) is 0.0252. The highest BCUT2D eigenvalue weighted by Crippen LogP contribution is 2.13. The molecule has 0 aliphatic carbocycles. The lowest BCUT2D eigenvalue weighted by molar-refractivity contribution is -0.123. The molecule has 0 aromatic rings. The first-order valence-corrected chi connectivity index (χ1v) is 5.27. The third kappa shape index (κ3) is 3.27. The number of nitrogens with zero attached hydrogens (tertiary/aromatic N) is 1. The van der Waals surface area contributed by atoms with Crippen LogP contribution in [0.5, 0.6) is 0 Å². The van der Waals surface area contributed by atoms with Crippen molar-refractivity contribution in [2.24, 2.45) is 5.92 Å². The van der Waals surface area contributed by atoms with Crippen LogP contribution < -0.4 is 10.6 Å². The zero-order valence-electron chi connectivity index (χ0n) is 9.34. The molecule has 1 aliphatic rings. The molecule has 1 saturated heterocycles. The van der Waals surface area contributed by atoms with Crippen LogP contribution in [0.3, 0.4) is 0 Å². The summed E-state index contributed by atoms with van der Waals surface area (Å²) in [7, 11) is 4.01. The number of rotatable bonds is 4. The van der Waals surface area contributed by atoms with Gasteiger partial charge < -0.3 is 15.5 Å². The molecule has 0 saturated carbocycles. The number of hydrogen-bond acceptors (Lipinski definition) is 3. The van der Waals surface area contributed by atoms with Gasteiger partial charge in [-0.1, -0.05) is 6.92 Å². The van der Waals surface area contributed by atoms with E-state index < -0.39 is 0 Å². The van der Waals surface area contributed by atoms with E-state index in [-0.39, 0.29) is 11.9 Å². The summed E-state index contributed by atoms with van der Waals surface area (Å²) >= 11 is 0. The second-order valence-electron chi connectivity index (χ2n) is 4.29. The van der Waals surface area contributed by atoms with Gasteiger partial charge in [0.25, 0.3) is 0 Å². The van der Waals surface area contributed by atoms with Crippen molar-refractivity contribution in [3.05, 3.63) is 0 Å². The van der Waals surface area contributed by atoms with E-state index in [0.717, 1.165) is 26.1 Å². The van der Waals surface area contributed by atoms with E-state index in [2.05, 4.69) is 22.5 Å². The van der Waals surface area contributed by atoms with Crippen LogP contribution in [-0.2, 0) is 4.79 Å². The largest absolute Gasteiger partial charge is 0.353 e. The molecule has 0 aromatic heterocycles. The van der Waals surface area contributed by atoms with Gasteiger partial charge >= 0.3 is 0 Å². The molecule has 82 valence electrons. The van der Waals surface area contributed by atoms with Crippen LogP contribution in [0.1, 0.15) is 13.3 Å². The van der Waals surface area contributed by atoms with Crippen LogP contribution >= 0.6 is 0 Å². The highest BCUT2D eigenvalue weighted by atomic mass is 16.2. The van der Waals surface area contributed by atoms with Gasteiger partial charge in [0.1, 0.15) is 0 Å². The lowest BCUT2D eigenvalue weighted by Gasteiger charge is -2.16. The normalized spacial score (nSPS) is 26.9. The molecule has 1 amide bonds. The van der Waals surface area contributed by atoms with Gasteiger partial charge in [-0.05, 0) is 33.0 Å². The van der Waals surface area contributed by atoms with Crippen LogP contribution in [-0.4, -0.2) is 50.6 Å². The van der Waals surface area contributed by atoms with E-state index in [9.17, 15) is 4.79 Å². The van der Waals surface area contributed by atoms with E-state index in [0.29, 0.717) is 5.92 Å². The monoisotopic (exact) mass is 199 g/mol. The van der Waals surface area contributed by atoms with E-state index in [4.69, 9.17) is 0 Å². The van der Waals surface area contributed by atoms with Crippen molar-refractivity contribution in [1.82, 2.24) is 15.5 Å². The average Bonchev–Trinajstić information content (AvgIpc) is 2.50. The van der Waals surface area contributed by atoms with Gasteiger partial charge in [0.2, 0.25) is 5.91 Å². The number of carbonyl (C=O) groups is 1. The lowest BCUT2D eigenvalue weighted by atomic mass is 10.0. The predicted octanol–water partition coefficient (Wildman–Crippen LogP) is -0.338. The summed E-state index contributed by atoms with van der Waals surface area (Å²) in [6.45, 7) is 4.71. The zero-order valence-corrected chi connectivity index (χ0v) is 9.34. The highest BCUT2D eigenvalue weighted by Gasteiger charge is 2.28. The molecule has 4 heteroatoms. The van der Waals surface area contributed by atoms with Gasteiger partial charge in [-0.3, -0.25) is 4.79 Å². The summed E-state index contributed by atoms with van der Waals surface area (Å²) in [5.74, 6) is 0.617. The van der Waals surface area contributed by atoms with Crippen molar-refractivity contribution >= 4 is 5.91 Å². The van der Waals surface area contributed by atoms with Gasteiger partial charge in [-0.2, -0.15) is 0 Å². The molecule has 1 heterocycles. The molecular weight excluding hydrogens is 178 g/mol. The Hall–Kier alpha value is -0.610. The van der Waals surface area contributed by atoms with Crippen LogP contribution in [0.4, 0.5) is 0 Å². The molecule has 2 unspecified atom stereocenters. The van der Waals surface area contributed by atoms with Crippen LogP contribution in [0.15, 0.2) is 0 Å². The molecule has 4 nitrogen and oxygen atoms in total. The third-order valence-corrected chi connectivity index (χ3v) is 2.67. The Kier molecular flexibility index (Phi) is 4.35. The first-order valence-electron chi connectivity index (χ1n) is 5.27. The number of nitrogens with one attached hydrogen (secondary N) is 2. The predicted molar refractivity (Wildman–Crippen MR) is 57.1 cm³/mol. The number of hydrogen-bond donors (Lipinski definition) is 2. The van der Waals surface area contributed by atoms with Crippen molar-refractivity contribution in [2.75, 3.05) is 33.7 Å². The molecule has 0 spiro atoms. The Bertz CT molecular complexity index is 194. The topological polar surface area (TPSA) is 44.4 Å². The van der Waals surface area contributed by atoms with Gasteiger partial charge in [0.05, 0.1) is 6.04 Å². The maximum Gasteiger partial charge on any atom is 0.237 e. The zero-order chi connectivity index (χ0) is 10.6. The Morgan fingerprint density at radius 1 is 1.57 bits per heavy atom. The quantitative estimate of drug-likeness (QED) is 0.651. The van der Waals surface area contributed by atoms with Gasteiger partial charge in [-0.15, -0.1) is 0 Å². The van der Waals surface area contributed by atoms with Crippen LogP contribution in [0, 0.1) is 5.92 Å². The summed E-state index contributed by atoms with van der Waals surface area (Å²) in [4.78, 5) is 13.7. The number of carbonyl (C=O) groups excluding carboxylic acids is 1. The number of amides is 1. The van der Waals surface area contributed by atoms with Crippen molar-refractivity contribution in [1.29, 1.82) is 0 Å². The second kappa shape index (κ2) is 5.32. The van der Waals surface area contributed by atoms with Crippen LogP contribution in [0.25, 0.3) is 0 Å². The smallest absolute Gasteiger partial charge is 0.237 e. The van der Waals surface area contributed by atoms with Gasteiger partial charge in [0, 0.05) is 13.1 Å². The Morgan fingerprint density at radius 3 is 2.79 bits per heavy atom. The fourth-order valence-corrected chi connectivity index (χ4v) is 1.70. The van der Waals surface area contributed by atoms with E-state index in [1.807, 2.05) is 14.1 Å². The second-order valence-corrected chi connectivity index (χ2v) is 4.29. The molecule has 1 aliphatic heterocycles. The molecule has 1 fully saturated rings. The molecule has 0 aromatic carbocycles. The van der Waals surface area contributed by atoms with Crippen molar-refractivity contribution < 1.29 is 4.79 Å². The third-order valence-electron chi connectivity index (χ3n) is 2.67. The van der Waals surface area contributed by atoms with Crippen molar-refractivity contribution in [3.63, 3.8) is 0 Å². The Labute approximate surface area is 86.0 Å². The minimum Gasteiger partial charge on any atom is -0.353 e. The summed E-state index contributed by atoms with van der Waals surface area (Å²) in [5, 5.41) is 6.16. The van der Waals surface area contributed by atoms with Gasteiger partial charge in [-0.25, -0.2) is 0 Å². The minimum absolute atomic E-state index is 0.0252. The maximum atomic E-state index is 11.6. The molecule has 0 radical (unpaired) electrons.